The third-order valence-electron chi connectivity index (χ3n) is 1.89. The smallest absolute Gasteiger partial charge is 0.323 e. The van der Waals surface area contributed by atoms with Crippen molar-refractivity contribution < 1.29 is 23.7 Å². The molecule has 0 fully saturated rings. The molecule has 9 heteroatoms. The van der Waals surface area contributed by atoms with Crippen molar-refractivity contribution in [3.8, 4) is 0 Å². The zero-order valence-electron chi connectivity index (χ0n) is 10.0. The van der Waals surface area contributed by atoms with Crippen LogP contribution in [0.4, 0.5) is 4.79 Å². The van der Waals surface area contributed by atoms with Gasteiger partial charge in [-0.1, -0.05) is 6.92 Å². The summed E-state index contributed by atoms with van der Waals surface area (Å²) in [6.07, 6.45) is 0. The van der Waals surface area contributed by atoms with Gasteiger partial charge in [-0.15, -0.1) is 0 Å². The highest BCUT2D eigenvalue weighted by atomic mass is 32.2. The summed E-state index contributed by atoms with van der Waals surface area (Å²) in [6, 6.07) is -0.718. The maximum atomic E-state index is 11.5. The average Bonchev–Trinajstić information content (AvgIpc) is 2.26. The number of carbonyl (C=O) groups excluding carboxylic acids is 2. The van der Waals surface area contributed by atoms with E-state index in [1.807, 2.05) is 0 Å². The van der Waals surface area contributed by atoms with Gasteiger partial charge in [-0.25, -0.2) is 4.79 Å². The monoisotopic (exact) mass is 279 g/mol. The number of urea groups is 1. The highest BCUT2D eigenvalue weighted by Crippen LogP contribution is 1.90. The largest absolute Gasteiger partial charge is 0.480 e. The van der Waals surface area contributed by atoms with E-state index in [0.29, 0.717) is 5.75 Å². The molecule has 0 aromatic rings. The lowest BCUT2D eigenvalue weighted by molar-refractivity contribution is -0.137. The number of aliphatic carboxylic acids is 1. The Morgan fingerprint density at radius 1 is 1.33 bits per heavy atom. The first-order valence-corrected chi connectivity index (χ1v) is 6.73. The van der Waals surface area contributed by atoms with Gasteiger partial charge in [0.05, 0.1) is 0 Å². The van der Waals surface area contributed by atoms with Crippen molar-refractivity contribution in [2.75, 3.05) is 31.1 Å². The van der Waals surface area contributed by atoms with Crippen LogP contribution in [0.5, 0.6) is 0 Å². The summed E-state index contributed by atoms with van der Waals surface area (Å²) in [5, 5.41) is 11.0. The average molecular weight is 279 g/mol. The maximum absolute atomic E-state index is 11.5. The van der Waals surface area contributed by atoms with Crippen LogP contribution in [0.3, 0.4) is 0 Å². The van der Waals surface area contributed by atoms with Gasteiger partial charge in [0, 0.05) is 28.9 Å². The molecule has 0 saturated heterocycles. The van der Waals surface area contributed by atoms with Gasteiger partial charge in [0.15, 0.2) is 0 Å². The van der Waals surface area contributed by atoms with E-state index in [0.717, 1.165) is 4.90 Å². The molecule has 0 aliphatic carbocycles. The van der Waals surface area contributed by atoms with Gasteiger partial charge in [0.25, 0.3) is 0 Å². The topological polar surface area (TPSA) is 130 Å². The second-order valence-corrected chi connectivity index (χ2v) is 5.25. The van der Waals surface area contributed by atoms with Crippen molar-refractivity contribution in [3.63, 3.8) is 0 Å². The Hall–Kier alpha value is -1.64. The minimum atomic E-state index is -1.25. The van der Waals surface area contributed by atoms with E-state index in [1.54, 1.807) is 6.92 Å². The summed E-state index contributed by atoms with van der Waals surface area (Å²) in [6.45, 7) is 0.802. The molecule has 3 amide bonds. The van der Waals surface area contributed by atoms with Crippen molar-refractivity contribution in [2.24, 2.45) is 5.73 Å². The predicted octanol–water partition coefficient (Wildman–Crippen LogP) is -1.66. The first-order valence-electron chi connectivity index (χ1n) is 5.24. The zero-order chi connectivity index (χ0) is 14.1. The molecule has 0 aromatic carbocycles. The first-order chi connectivity index (χ1) is 8.36. The fourth-order valence-electron chi connectivity index (χ4n) is 1.08. The van der Waals surface area contributed by atoms with E-state index in [2.05, 4.69) is 5.32 Å². The third-order valence-corrected chi connectivity index (χ3v) is 3.19. The van der Waals surface area contributed by atoms with Crippen LogP contribution in [0.15, 0.2) is 0 Å². The number of rotatable bonds is 8. The molecular formula is C9H17N3O5S. The van der Waals surface area contributed by atoms with Gasteiger partial charge in [-0.05, 0) is 0 Å². The third kappa shape index (κ3) is 7.60. The Bertz CT molecular complexity index is 331. The molecule has 18 heavy (non-hydrogen) atoms. The molecule has 0 radical (unpaired) electrons. The molecule has 0 spiro atoms. The quantitative estimate of drug-likeness (QED) is 0.489. The summed E-state index contributed by atoms with van der Waals surface area (Å²) in [4.78, 5) is 33.5. The molecule has 8 nitrogen and oxygen atoms in total. The standard InChI is InChI=1S/C9H17N3O5S/c1-2-18(17)4-3-11-9(16)12(5-7(10)13)6-8(14)15/h2-6H2,1H3,(H2,10,13)(H,11,16)(H,14,15). The predicted molar refractivity (Wildman–Crippen MR) is 65.4 cm³/mol. The molecule has 104 valence electrons. The van der Waals surface area contributed by atoms with Crippen molar-refractivity contribution >= 4 is 28.7 Å². The number of amides is 3. The van der Waals surface area contributed by atoms with Crippen molar-refractivity contribution in [1.29, 1.82) is 0 Å². The van der Waals surface area contributed by atoms with Crippen LogP contribution in [0.25, 0.3) is 0 Å². The summed E-state index contributed by atoms with van der Waals surface area (Å²) in [5.41, 5.74) is 4.90. The van der Waals surface area contributed by atoms with Gasteiger partial charge < -0.3 is 21.1 Å². The highest BCUT2D eigenvalue weighted by Gasteiger charge is 2.18. The van der Waals surface area contributed by atoms with Crippen LogP contribution in [0.1, 0.15) is 6.92 Å². The maximum Gasteiger partial charge on any atom is 0.323 e. The van der Waals surface area contributed by atoms with E-state index in [9.17, 15) is 18.6 Å². The van der Waals surface area contributed by atoms with Crippen molar-refractivity contribution in [3.05, 3.63) is 0 Å². The molecule has 0 bridgehead atoms. The lowest BCUT2D eigenvalue weighted by Gasteiger charge is -2.19. The number of hydrogen-bond acceptors (Lipinski definition) is 4. The fraction of sp³-hybridized carbons (Fsp3) is 0.667. The SMILES string of the molecule is CCS(=O)CCNC(=O)N(CC(N)=O)CC(=O)O. The first kappa shape index (κ1) is 16.4. The van der Waals surface area contributed by atoms with Crippen molar-refractivity contribution in [2.45, 2.75) is 6.92 Å². The number of nitrogens with two attached hydrogens (primary N) is 1. The molecule has 0 saturated carbocycles. The van der Waals surface area contributed by atoms with E-state index in [1.165, 1.54) is 0 Å². The molecule has 0 aliphatic rings. The van der Waals surface area contributed by atoms with Gasteiger partial charge in [0.2, 0.25) is 5.91 Å². The Kier molecular flexibility index (Phi) is 7.68. The van der Waals surface area contributed by atoms with Crippen LogP contribution in [-0.4, -0.2) is 63.3 Å². The van der Waals surface area contributed by atoms with Crippen LogP contribution in [0.2, 0.25) is 0 Å². The molecule has 4 N–H and O–H groups in total. The number of carbonyl (C=O) groups is 3. The number of hydrogen-bond donors (Lipinski definition) is 3. The number of nitrogens with one attached hydrogen (secondary N) is 1. The second kappa shape index (κ2) is 8.45. The van der Waals surface area contributed by atoms with E-state index >= 15 is 0 Å². The minimum Gasteiger partial charge on any atom is -0.480 e. The second-order valence-electron chi connectivity index (χ2n) is 3.38. The summed E-state index contributed by atoms with van der Waals surface area (Å²) >= 11 is 0. The Morgan fingerprint density at radius 3 is 2.39 bits per heavy atom. The minimum absolute atomic E-state index is 0.147. The molecule has 1 unspecified atom stereocenters. The Labute approximate surface area is 107 Å². The summed E-state index contributed by atoms with van der Waals surface area (Å²) in [5.74, 6) is -1.29. The van der Waals surface area contributed by atoms with E-state index in [-0.39, 0.29) is 12.3 Å². The Balaban J connectivity index is 4.24. The fourth-order valence-corrected chi connectivity index (χ4v) is 1.70. The molecular weight excluding hydrogens is 262 g/mol. The lowest BCUT2D eigenvalue weighted by atomic mass is 10.4. The molecule has 0 heterocycles. The number of nitrogens with zero attached hydrogens (tertiary/aromatic N) is 1. The molecule has 1 atom stereocenters. The highest BCUT2D eigenvalue weighted by molar-refractivity contribution is 7.84. The normalized spacial score (nSPS) is 11.6. The number of carboxylic acid groups (broad SMARTS) is 1. The van der Waals surface area contributed by atoms with Crippen LogP contribution >= 0.6 is 0 Å². The van der Waals surface area contributed by atoms with E-state index < -0.39 is 41.8 Å². The van der Waals surface area contributed by atoms with E-state index in [4.69, 9.17) is 10.8 Å². The van der Waals surface area contributed by atoms with Crippen LogP contribution < -0.4 is 11.1 Å². The van der Waals surface area contributed by atoms with Gasteiger partial charge in [-0.3, -0.25) is 13.8 Å². The zero-order valence-corrected chi connectivity index (χ0v) is 10.9. The van der Waals surface area contributed by atoms with Crippen LogP contribution in [-0.2, 0) is 20.4 Å². The molecule has 0 aliphatic heterocycles. The Morgan fingerprint density at radius 2 is 1.94 bits per heavy atom. The van der Waals surface area contributed by atoms with Gasteiger partial charge in [-0.2, -0.15) is 0 Å². The molecule has 0 rings (SSSR count). The van der Waals surface area contributed by atoms with Gasteiger partial charge in [0.1, 0.15) is 13.1 Å². The summed E-state index contributed by atoms with van der Waals surface area (Å²) in [7, 11) is -1.02. The number of primary amides is 1. The molecule has 0 aromatic heterocycles. The van der Waals surface area contributed by atoms with Crippen LogP contribution in [0, 0.1) is 0 Å². The number of carboxylic acids is 1. The lowest BCUT2D eigenvalue weighted by Crippen LogP contribution is -2.47. The van der Waals surface area contributed by atoms with Crippen molar-refractivity contribution in [1.82, 2.24) is 10.2 Å². The summed E-state index contributed by atoms with van der Waals surface area (Å²) < 4.78 is 11.1. The van der Waals surface area contributed by atoms with Gasteiger partial charge >= 0.3 is 12.0 Å².